The van der Waals surface area contributed by atoms with Crippen LogP contribution in [0.2, 0.25) is 0 Å². The van der Waals surface area contributed by atoms with Crippen LogP contribution in [0.15, 0.2) is 24.3 Å². The lowest BCUT2D eigenvalue weighted by Crippen LogP contribution is -2.29. The Kier molecular flexibility index (Phi) is 36.2. The summed E-state index contributed by atoms with van der Waals surface area (Å²) < 4.78 is 27.9. The molecule has 50 heavy (non-hydrogen) atoms. The first kappa shape index (κ1) is 48.5. The van der Waals surface area contributed by atoms with Crippen molar-refractivity contribution in [1.29, 1.82) is 0 Å². The van der Waals surface area contributed by atoms with Gasteiger partial charge < -0.3 is 24.0 Å². The summed E-state index contributed by atoms with van der Waals surface area (Å²) in [5, 5.41) is 9.01. The molecule has 8 nitrogen and oxygen atoms in total. The second-order valence-electron chi connectivity index (χ2n) is 13.8. The summed E-state index contributed by atoms with van der Waals surface area (Å²) in [5.74, 6) is -0.831. The summed E-state index contributed by atoms with van der Waals surface area (Å²) in [4.78, 5) is 34.7. The van der Waals surface area contributed by atoms with Gasteiger partial charge in [-0.25, -0.2) is 0 Å². The van der Waals surface area contributed by atoms with E-state index in [4.69, 9.17) is 19.1 Å². The molecule has 0 radical (unpaired) electrons. The number of aliphatic hydroxyl groups is 1. The van der Waals surface area contributed by atoms with E-state index in [0.717, 1.165) is 70.6 Å². The number of allylic oxidation sites excluding steroid dienone is 4. The molecule has 9 heteroatoms. The number of hydrogen-bond acceptors (Lipinski definition) is 7. The Bertz CT molecular complexity index is 875. The van der Waals surface area contributed by atoms with Crippen molar-refractivity contribution in [3.8, 4) is 0 Å². The number of carbonyl (C=O) groups excluding carboxylic acids is 2. The maximum Gasteiger partial charge on any atom is 0.330 e. The van der Waals surface area contributed by atoms with Crippen LogP contribution in [0.3, 0.4) is 0 Å². The van der Waals surface area contributed by atoms with E-state index in [1.807, 2.05) is 0 Å². The summed E-state index contributed by atoms with van der Waals surface area (Å²) >= 11 is 0. The first-order valence-electron chi connectivity index (χ1n) is 20.6. The minimum atomic E-state index is -4.03. The lowest BCUT2D eigenvalue weighted by Gasteiger charge is -2.20. The van der Waals surface area contributed by atoms with Crippen molar-refractivity contribution in [3.05, 3.63) is 24.3 Å². The Morgan fingerprint density at radius 1 is 0.560 bits per heavy atom. The molecule has 2 N–H and O–H groups in total. The quantitative estimate of drug-likeness (QED) is 0.0279. The second kappa shape index (κ2) is 37.3. The molecule has 0 aromatic rings. The first-order valence-corrected chi connectivity index (χ1v) is 22.3. The monoisotopic (exact) mass is 729 g/mol. The van der Waals surface area contributed by atoms with E-state index < -0.39 is 32.4 Å². The maximum atomic E-state index is 12.5. The molecule has 0 amide bonds. The number of hydrogen-bond donors (Lipinski definition) is 2. The molecule has 294 valence electrons. The van der Waals surface area contributed by atoms with E-state index in [1.165, 1.54) is 89.9 Å². The van der Waals surface area contributed by atoms with Crippen molar-refractivity contribution in [3.63, 3.8) is 0 Å². The Labute approximate surface area is 307 Å². The van der Waals surface area contributed by atoms with Gasteiger partial charge in [0.1, 0.15) is 6.61 Å². The Hall–Kier alpha value is -1.47. The molecule has 0 aromatic carbocycles. The van der Waals surface area contributed by atoms with E-state index in [1.54, 1.807) is 0 Å². The molecule has 0 spiro atoms. The van der Waals surface area contributed by atoms with Gasteiger partial charge in [0.05, 0.1) is 19.4 Å². The van der Waals surface area contributed by atoms with Gasteiger partial charge in [-0.3, -0.25) is 14.2 Å². The standard InChI is InChI=1S/C41H77O8P/c1-3-5-7-9-11-13-15-17-19-21-23-25-27-29-31-33-40(43)47-37-39(38-48-50(45,46)36-35-42)49-41(44)34-32-30-28-26-24-22-20-18-16-14-12-10-8-6-4-2/h17-20,39,42H,3-16,21-38H2,1-2H3,(H,45,46)/b19-17-,20-18-/t39-/m1/s1. The predicted molar refractivity (Wildman–Crippen MR) is 207 cm³/mol. The summed E-state index contributed by atoms with van der Waals surface area (Å²) in [6.45, 7) is 3.37. The van der Waals surface area contributed by atoms with Crippen molar-refractivity contribution in [2.24, 2.45) is 0 Å². The molecular formula is C41H77O8P. The second-order valence-corrected chi connectivity index (χ2v) is 15.8. The van der Waals surface area contributed by atoms with Crippen LogP contribution in [-0.2, 0) is 28.2 Å². The highest BCUT2D eigenvalue weighted by Crippen LogP contribution is 2.41. The number of rotatable bonds is 38. The first-order chi connectivity index (χ1) is 24.3. The van der Waals surface area contributed by atoms with Gasteiger partial charge in [0.2, 0.25) is 0 Å². The maximum absolute atomic E-state index is 12.5. The zero-order chi connectivity index (χ0) is 36.8. The molecule has 0 rings (SSSR count). The van der Waals surface area contributed by atoms with Crippen molar-refractivity contribution in [2.75, 3.05) is 26.0 Å². The van der Waals surface area contributed by atoms with Gasteiger partial charge in [-0.1, -0.05) is 141 Å². The zero-order valence-electron chi connectivity index (χ0n) is 32.3. The van der Waals surface area contributed by atoms with E-state index in [-0.39, 0.29) is 32.0 Å². The molecule has 0 heterocycles. The summed E-state index contributed by atoms with van der Waals surface area (Å²) in [5.41, 5.74) is 0. The Morgan fingerprint density at radius 2 is 0.940 bits per heavy atom. The van der Waals surface area contributed by atoms with Gasteiger partial charge in [-0.2, -0.15) is 0 Å². The van der Waals surface area contributed by atoms with E-state index in [2.05, 4.69) is 38.2 Å². The van der Waals surface area contributed by atoms with E-state index >= 15 is 0 Å². The average Bonchev–Trinajstić information content (AvgIpc) is 3.09. The summed E-state index contributed by atoms with van der Waals surface area (Å²) in [6, 6.07) is 0. The topological polar surface area (TPSA) is 119 Å². The number of esters is 2. The fraction of sp³-hybridized carbons (Fsp3) is 0.854. The van der Waals surface area contributed by atoms with Gasteiger partial charge in [-0.05, 0) is 64.2 Å². The van der Waals surface area contributed by atoms with Gasteiger partial charge in [0.25, 0.3) is 0 Å². The van der Waals surface area contributed by atoms with Crippen LogP contribution in [0.4, 0.5) is 0 Å². The number of carbonyl (C=O) groups is 2. The molecule has 0 fully saturated rings. The van der Waals surface area contributed by atoms with Crippen LogP contribution in [0.5, 0.6) is 0 Å². The van der Waals surface area contributed by atoms with Crippen LogP contribution in [0.25, 0.3) is 0 Å². The Morgan fingerprint density at radius 3 is 1.36 bits per heavy atom. The molecule has 0 aliphatic rings. The Balaban J connectivity index is 4.13. The van der Waals surface area contributed by atoms with E-state index in [0.29, 0.717) is 6.42 Å². The van der Waals surface area contributed by atoms with Crippen LogP contribution in [0.1, 0.15) is 194 Å². The van der Waals surface area contributed by atoms with Gasteiger partial charge >= 0.3 is 19.5 Å². The molecule has 0 saturated carbocycles. The van der Waals surface area contributed by atoms with Crippen molar-refractivity contribution >= 4 is 19.5 Å². The number of aliphatic hydroxyl groups excluding tert-OH is 1. The van der Waals surface area contributed by atoms with Crippen LogP contribution in [-0.4, -0.2) is 54.0 Å². The highest BCUT2D eigenvalue weighted by molar-refractivity contribution is 7.52. The predicted octanol–water partition coefficient (Wildman–Crippen LogP) is 11.7. The lowest BCUT2D eigenvalue weighted by molar-refractivity contribution is -0.161. The fourth-order valence-corrected chi connectivity index (χ4v) is 6.47. The summed E-state index contributed by atoms with van der Waals surface area (Å²) in [6.07, 6.45) is 38.8. The highest BCUT2D eigenvalue weighted by atomic mass is 31.2. The average molecular weight is 729 g/mol. The van der Waals surface area contributed by atoms with Crippen molar-refractivity contribution in [2.45, 2.75) is 200 Å². The molecule has 0 saturated heterocycles. The minimum Gasteiger partial charge on any atom is -0.462 e. The summed E-state index contributed by atoms with van der Waals surface area (Å²) in [7, 11) is -4.03. The molecule has 0 aromatic heterocycles. The minimum absolute atomic E-state index is 0.227. The van der Waals surface area contributed by atoms with Crippen molar-refractivity contribution < 1.29 is 38.2 Å². The third-order valence-corrected chi connectivity index (χ3v) is 10.2. The molecule has 0 aliphatic carbocycles. The van der Waals surface area contributed by atoms with Gasteiger partial charge in [0.15, 0.2) is 6.10 Å². The largest absolute Gasteiger partial charge is 0.462 e. The molecule has 0 bridgehead atoms. The number of unbranched alkanes of at least 4 members (excludes halogenated alkanes) is 22. The normalized spacial score (nSPS) is 13.6. The molecule has 0 aliphatic heterocycles. The SMILES string of the molecule is CCCCCCCC/C=C\CCCCCCCC(=O)OC[C@H](COP(=O)(O)CCO)OC(=O)CCCCCCC/C=C\CCCCCCCC. The zero-order valence-corrected chi connectivity index (χ0v) is 33.2. The van der Waals surface area contributed by atoms with Crippen LogP contribution >= 0.6 is 7.60 Å². The van der Waals surface area contributed by atoms with Crippen LogP contribution in [0, 0.1) is 0 Å². The number of ether oxygens (including phenoxy) is 2. The van der Waals surface area contributed by atoms with Gasteiger partial charge in [-0.15, -0.1) is 0 Å². The fourth-order valence-electron chi connectivity index (χ4n) is 5.69. The lowest BCUT2D eigenvalue weighted by atomic mass is 10.1. The third-order valence-electron chi connectivity index (χ3n) is 8.86. The highest BCUT2D eigenvalue weighted by Gasteiger charge is 2.24. The molecular weight excluding hydrogens is 651 g/mol. The smallest absolute Gasteiger partial charge is 0.330 e. The van der Waals surface area contributed by atoms with Gasteiger partial charge in [0, 0.05) is 12.8 Å². The van der Waals surface area contributed by atoms with E-state index in [9.17, 15) is 19.0 Å². The van der Waals surface area contributed by atoms with Crippen molar-refractivity contribution in [1.82, 2.24) is 0 Å². The third kappa shape index (κ3) is 36.3. The molecule has 2 atom stereocenters. The molecule has 1 unspecified atom stereocenters. The van der Waals surface area contributed by atoms with Crippen LogP contribution < -0.4 is 0 Å².